The Kier molecular flexibility index (Phi) is 6.45. The van der Waals surface area contributed by atoms with E-state index in [1.165, 1.54) is 12.1 Å². The second kappa shape index (κ2) is 9.00. The minimum Gasteiger partial charge on any atom is -0.317 e. The number of nitrogens with one attached hydrogen (secondary N) is 1. The molecule has 0 bridgehead atoms. The van der Waals surface area contributed by atoms with Gasteiger partial charge in [0.25, 0.3) is 0 Å². The molecule has 0 radical (unpaired) electrons. The van der Waals surface area contributed by atoms with E-state index in [4.69, 9.17) is 0 Å². The molecule has 1 aliphatic rings. The molecule has 3 rings (SSSR count). The van der Waals surface area contributed by atoms with Crippen molar-refractivity contribution in [2.45, 2.75) is 39.3 Å². The zero-order valence-electron chi connectivity index (χ0n) is 16.1. The topological polar surface area (TPSA) is 35.6 Å². The number of urea groups is 1. The summed E-state index contributed by atoms with van der Waals surface area (Å²) in [6.45, 7) is 7.69. The van der Waals surface area contributed by atoms with Gasteiger partial charge in [-0.1, -0.05) is 31.2 Å². The number of likely N-dealkylation sites (tertiary alicyclic amines) is 1. The number of anilines is 1. The zero-order chi connectivity index (χ0) is 19.2. The van der Waals surface area contributed by atoms with Gasteiger partial charge < -0.3 is 15.1 Å². The maximum absolute atomic E-state index is 13.2. The maximum atomic E-state index is 13.2. The Labute approximate surface area is 161 Å². The van der Waals surface area contributed by atoms with E-state index in [0.717, 1.165) is 49.3 Å². The van der Waals surface area contributed by atoms with E-state index >= 15 is 0 Å². The largest absolute Gasteiger partial charge is 0.322 e. The number of nitrogens with zero attached hydrogens (tertiary/aromatic N) is 2. The summed E-state index contributed by atoms with van der Waals surface area (Å²) in [7, 11) is 0. The molecule has 144 valence electrons. The average Bonchev–Trinajstić information content (AvgIpc) is 2.67. The van der Waals surface area contributed by atoms with Gasteiger partial charge >= 0.3 is 6.03 Å². The Hall–Kier alpha value is -2.40. The first-order valence-electron chi connectivity index (χ1n) is 9.66. The molecule has 0 unspecified atom stereocenters. The SMILES string of the molecule is CCN1CCC(N(Cc2ccc(F)cc2)C(=O)Nc2cccc(C)c2)CC1. The van der Waals surface area contributed by atoms with Crippen LogP contribution in [0.3, 0.4) is 0 Å². The van der Waals surface area contributed by atoms with Gasteiger partial charge in [-0.15, -0.1) is 0 Å². The van der Waals surface area contributed by atoms with Crippen molar-refractivity contribution < 1.29 is 9.18 Å². The Bertz CT molecular complexity index is 754. The van der Waals surface area contributed by atoms with Gasteiger partial charge in [-0.25, -0.2) is 9.18 Å². The highest BCUT2D eigenvalue weighted by molar-refractivity contribution is 5.89. The van der Waals surface area contributed by atoms with Gasteiger partial charge in [0.05, 0.1) is 0 Å². The van der Waals surface area contributed by atoms with E-state index in [0.29, 0.717) is 6.54 Å². The molecule has 0 saturated carbocycles. The molecule has 2 aromatic carbocycles. The fraction of sp³-hybridized carbons (Fsp3) is 0.409. The first-order valence-corrected chi connectivity index (χ1v) is 9.66. The van der Waals surface area contributed by atoms with Crippen LogP contribution in [0.4, 0.5) is 14.9 Å². The van der Waals surface area contributed by atoms with Gasteiger partial charge in [0, 0.05) is 31.4 Å². The number of piperidine rings is 1. The van der Waals surface area contributed by atoms with Crippen molar-refractivity contribution in [3.05, 3.63) is 65.5 Å². The van der Waals surface area contributed by atoms with Crippen LogP contribution in [0.15, 0.2) is 48.5 Å². The summed E-state index contributed by atoms with van der Waals surface area (Å²) in [5.41, 5.74) is 2.85. The minimum absolute atomic E-state index is 0.0973. The lowest BCUT2D eigenvalue weighted by Crippen LogP contribution is -2.48. The summed E-state index contributed by atoms with van der Waals surface area (Å²) in [5.74, 6) is -0.259. The van der Waals surface area contributed by atoms with Crippen molar-refractivity contribution in [1.29, 1.82) is 0 Å². The summed E-state index contributed by atoms with van der Waals surface area (Å²) in [6.07, 6.45) is 1.91. The minimum atomic E-state index is -0.259. The van der Waals surface area contributed by atoms with E-state index in [-0.39, 0.29) is 17.9 Å². The number of aryl methyl sites for hydroxylation is 1. The molecule has 1 saturated heterocycles. The van der Waals surface area contributed by atoms with Crippen LogP contribution >= 0.6 is 0 Å². The molecule has 5 heteroatoms. The molecule has 4 nitrogen and oxygen atoms in total. The number of hydrogen-bond acceptors (Lipinski definition) is 2. The van der Waals surface area contributed by atoms with Gasteiger partial charge in [-0.3, -0.25) is 0 Å². The molecular formula is C22H28FN3O. The first kappa shape index (κ1) is 19.4. The number of carbonyl (C=O) groups is 1. The van der Waals surface area contributed by atoms with Crippen molar-refractivity contribution >= 4 is 11.7 Å². The second-order valence-corrected chi connectivity index (χ2v) is 7.22. The number of halogens is 1. The number of amides is 2. The lowest BCUT2D eigenvalue weighted by atomic mass is 10.0. The summed E-state index contributed by atoms with van der Waals surface area (Å²) >= 11 is 0. The van der Waals surface area contributed by atoms with E-state index in [2.05, 4.69) is 17.1 Å². The van der Waals surface area contributed by atoms with Gasteiger partial charge in [-0.2, -0.15) is 0 Å². The summed E-state index contributed by atoms with van der Waals surface area (Å²) in [6, 6.07) is 14.3. The van der Waals surface area contributed by atoms with Gasteiger partial charge in [0.2, 0.25) is 0 Å². The highest BCUT2D eigenvalue weighted by Gasteiger charge is 2.27. The highest BCUT2D eigenvalue weighted by atomic mass is 19.1. The van der Waals surface area contributed by atoms with Crippen LogP contribution in [0.2, 0.25) is 0 Å². The third-order valence-corrected chi connectivity index (χ3v) is 5.24. The van der Waals surface area contributed by atoms with Crippen molar-refractivity contribution in [3.8, 4) is 0 Å². The van der Waals surface area contributed by atoms with Crippen molar-refractivity contribution in [2.75, 3.05) is 25.0 Å². The number of carbonyl (C=O) groups excluding carboxylic acids is 1. The normalized spacial score (nSPS) is 15.5. The molecule has 27 heavy (non-hydrogen) atoms. The Balaban J connectivity index is 1.75. The monoisotopic (exact) mass is 369 g/mol. The van der Waals surface area contributed by atoms with Crippen molar-refractivity contribution in [3.63, 3.8) is 0 Å². The zero-order valence-corrected chi connectivity index (χ0v) is 16.1. The van der Waals surface area contributed by atoms with Gasteiger partial charge in [0.1, 0.15) is 5.82 Å². The Morgan fingerprint density at radius 3 is 2.52 bits per heavy atom. The number of benzene rings is 2. The van der Waals surface area contributed by atoms with Crippen LogP contribution in [0.5, 0.6) is 0 Å². The molecule has 2 aromatic rings. The van der Waals surface area contributed by atoms with E-state index in [1.54, 1.807) is 12.1 Å². The van der Waals surface area contributed by atoms with Crippen LogP contribution in [0.25, 0.3) is 0 Å². The summed E-state index contributed by atoms with van der Waals surface area (Å²) < 4.78 is 13.2. The predicted octanol–water partition coefficient (Wildman–Crippen LogP) is 4.65. The molecule has 1 N–H and O–H groups in total. The summed E-state index contributed by atoms with van der Waals surface area (Å²) in [4.78, 5) is 17.4. The molecule has 0 atom stereocenters. The molecule has 2 amide bonds. The van der Waals surface area contributed by atoms with Crippen LogP contribution in [-0.2, 0) is 6.54 Å². The molecule has 0 spiro atoms. The third kappa shape index (κ3) is 5.30. The van der Waals surface area contributed by atoms with Crippen molar-refractivity contribution in [1.82, 2.24) is 9.80 Å². The quantitative estimate of drug-likeness (QED) is 0.832. The van der Waals surface area contributed by atoms with Crippen LogP contribution in [0.1, 0.15) is 30.9 Å². The average molecular weight is 369 g/mol. The van der Waals surface area contributed by atoms with Crippen LogP contribution in [0, 0.1) is 12.7 Å². The molecule has 1 heterocycles. The molecule has 0 aromatic heterocycles. The third-order valence-electron chi connectivity index (χ3n) is 5.24. The number of rotatable bonds is 5. The Morgan fingerprint density at radius 1 is 1.19 bits per heavy atom. The number of hydrogen-bond donors (Lipinski definition) is 1. The molecule has 1 fully saturated rings. The summed E-state index contributed by atoms with van der Waals surface area (Å²) in [5, 5.41) is 3.04. The fourth-order valence-corrected chi connectivity index (χ4v) is 3.62. The smallest absolute Gasteiger partial charge is 0.317 e. The van der Waals surface area contributed by atoms with Crippen LogP contribution < -0.4 is 5.32 Å². The van der Waals surface area contributed by atoms with E-state index < -0.39 is 0 Å². The van der Waals surface area contributed by atoms with E-state index in [9.17, 15) is 9.18 Å². The molecule has 0 aliphatic carbocycles. The lowest BCUT2D eigenvalue weighted by molar-refractivity contribution is 0.126. The van der Waals surface area contributed by atoms with E-state index in [1.807, 2.05) is 36.1 Å². The predicted molar refractivity (Wildman–Crippen MR) is 107 cm³/mol. The lowest BCUT2D eigenvalue weighted by Gasteiger charge is -2.38. The van der Waals surface area contributed by atoms with Gasteiger partial charge in [0.15, 0.2) is 0 Å². The van der Waals surface area contributed by atoms with Crippen LogP contribution in [-0.4, -0.2) is 41.5 Å². The van der Waals surface area contributed by atoms with Crippen molar-refractivity contribution in [2.24, 2.45) is 0 Å². The fourth-order valence-electron chi connectivity index (χ4n) is 3.62. The first-order chi connectivity index (χ1) is 13.0. The maximum Gasteiger partial charge on any atom is 0.322 e. The molecular weight excluding hydrogens is 341 g/mol. The standard InChI is InChI=1S/C22H28FN3O/c1-3-25-13-11-21(12-14-25)26(16-18-7-9-19(23)10-8-18)22(27)24-20-6-4-5-17(2)15-20/h4-10,15,21H,3,11-14,16H2,1-2H3,(H,24,27). The molecule has 1 aliphatic heterocycles. The Morgan fingerprint density at radius 2 is 1.89 bits per heavy atom. The second-order valence-electron chi connectivity index (χ2n) is 7.22. The highest BCUT2D eigenvalue weighted by Crippen LogP contribution is 2.21. The van der Waals surface area contributed by atoms with Gasteiger partial charge in [-0.05, 0) is 61.7 Å².